The molecule has 55 heavy (non-hydrogen) atoms. The molecule has 22 heteroatoms. The van der Waals surface area contributed by atoms with Gasteiger partial charge in [-0.05, 0) is 32.1 Å². The maximum atomic E-state index is 13.1. The molecule has 4 fully saturated rings. The average Bonchev–Trinajstić information content (AvgIpc) is 3.60. The van der Waals surface area contributed by atoms with Crippen molar-refractivity contribution in [2.45, 2.75) is 70.9 Å². The van der Waals surface area contributed by atoms with E-state index in [1.54, 1.807) is 13.8 Å². The Kier molecular flexibility index (Phi) is 17.7. The van der Waals surface area contributed by atoms with Crippen molar-refractivity contribution in [3.63, 3.8) is 0 Å². The maximum absolute atomic E-state index is 13.1. The molecule has 0 aromatic rings. The van der Waals surface area contributed by atoms with Gasteiger partial charge in [-0.1, -0.05) is 13.8 Å². The molecule has 4 aliphatic rings. The van der Waals surface area contributed by atoms with Gasteiger partial charge in [0.15, 0.2) is 0 Å². The van der Waals surface area contributed by atoms with E-state index in [9.17, 15) is 43.6 Å². The van der Waals surface area contributed by atoms with E-state index < -0.39 is 72.2 Å². The third-order valence-corrected chi connectivity index (χ3v) is 13.0. The van der Waals surface area contributed by atoms with Gasteiger partial charge in [0.2, 0.25) is 17.7 Å². The minimum absolute atomic E-state index is 0.00613. The third kappa shape index (κ3) is 14.6. The summed E-state index contributed by atoms with van der Waals surface area (Å²) in [6.45, 7) is 9.45. The summed E-state index contributed by atoms with van der Waals surface area (Å²) in [6.07, 6.45) is 2.17. The molecule has 4 amide bonds. The van der Waals surface area contributed by atoms with Gasteiger partial charge in [-0.2, -0.15) is 0 Å². The van der Waals surface area contributed by atoms with Gasteiger partial charge in [0.25, 0.3) is 0 Å². The van der Waals surface area contributed by atoms with Crippen molar-refractivity contribution in [1.82, 2.24) is 40.4 Å². The standard InChI is InChI=1S/C33H59BN8O12.Ga/c1-23(2)31(32(51)36-24(3)33(52)42-10-6-7-25(42)34(53)54)37-26(43)8-4-5-9-35-27(44)19-38-11-13-39(20-28(45)46)15-17-41(22-30(49)50)18-16-40(14-12-38)21-29(47)48;/h23-25,31,53-54H,4-22H2,1-3H3,(H,35,44)(H,36,51)(H,37,43)(H,45,46)(H,47,48)(H,49,50);/q;+3/p-3/t24-,25+,31+;/m1./s1. The molecular formula is C33H56BGaN8O12. The predicted octanol–water partition coefficient (Wildman–Crippen LogP) is -4.22. The van der Waals surface area contributed by atoms with Crippen molar-refractivity contribution in [3.8, 4) is 0 Å². The number of hydrogen-bond donors (Lipinski definition) is 5. The fraction of sp³-hybridized carbons (Fsp3) is 0.788. The van der Waals surface area contributed by atoms with E-state index in [2.05, 4.69) is 16.0 Å². The van der Waals surface area contributed by atoms with Gasteiger partial charge in [-0.3, -0.25) is 14.4 Å². The van der Waals surface area contributed by atoms with Crippen LogP contribution >= 0.6 is 0 Å². The van der Waals surface area contributed by atoms with Crippen LogP contribution in [0.25, 0.3) is 0 Å². The van der Waals surface area contributed by atoms with E-state index in [4.69, 9.17) is 10.6 Å². The largest absolute Gasteiger partial charge is 0.475 e. The summed E-state index contributed by atoms with van der Waals surface area (Å²) in [5, 5.41) is 27.5. The van der Waals surface area contributed by atoms with Gasteiger partial charge in [-0.15, -0.1) is 0 Å². The molecule has 5 N–H and O–H groups in total. The third-order valence-electron chi connectivity index (χ3n) is 10.1. The second kappa shape index (κ2) is 21.9. The van der Waals surface area contributed by atoms with Gasteiger partial charge in [0.05, 0.1) is 5.94 Å². The Hall–Kier alpha value is -3.25. The second-order valence-corrected chi connectivity index (χ2v) is 17.5. The Labute approximate surface area is 328 Å². The summed E-state index contributed by atoms with van der Waals surface area (Å²) >= 11 is -3.95. The topological polar surface area (TPSA) is 240 Å². The van der Waals surface area contributed by atoms with Crippen LogP contribution in [0.1, 0.15) is 52.9 Å². The summed E-state index contributed by atoms with van der Waals surface area (Å²) in [5.74, 6) is -4.34. The van der Waals surface area contributed by atoms with Gasteiger partial charge in [0.1, 0.15) is 12.1 Å². The van der Waals surface area contributed by atoms with E-state index in [-0.39, 0.29) is 50.3 Å². The van der Waals surface area contributed by atoms with Crippen molar-refractivity contribution >= 4 is 66.0 Å². The Morgan fingerprint density at radius 2 is 1.29 bits per heavy atom. The smallest absolute Gasteiger partial charge is 0.426 e. The molecule has 4 bridgehead atoms. The molecule has 2 unspecified atom stereocenters. The van der Waals surface area contributed by atoms with E-state index in [0.717, 1.165) is 0 Å². The Morgan fingerprint density at radius 3 is 1.80 bits per heavy atom. The minimum atomic E-state index is -3.95. The first-order valence-corrected chi connectivity index (χ1v) is 22.2. The van der Waals surface area contributed by atoms with Crippen molar-refractivity contribution < 1.29 is 54.2 Å². The predicted molar refractivity (Wildman–Crippen MR) is 196 cm³/mol. The molecule has 4 heterocycles. The van der Waals surface area contributed by atoms with Crippen LogP contribution in [0.3, 0.4) is 0 Å². The van der Waals surface area contributed by atoms with E-state index in [0.29, 0.717) is 91.1 Å². The van der Waals surface area contributed by atoms with E-state index in [1.165, 1.54) is 11.8 Å². The number of nitrogens with zero attached hydrogens (tertiary/aromatic N) is 5. The fourth-order valence-electron chi connectivity index (χ4n) is 6.93. The average molecular weight is 837 g/mol. The first-order chi connectivity index (χ1) is 26.2. The first kappa shape index (κ1) is 44.5. The quantitative estimate of drug-likeness (QED) is 0.0873. The van der Waals surface area contributed by atoms with Crippen LogP contribution in [-0.4, -0.2) is 210 Å². The molecule has 4 rings (SSSR count). The molecule has 4 saturated heterocycles. The van der Waals surface area contributed by atoms with Crippen LogP contribution in [-0.2, 0) is 44.1 Å². The molecule has 0 spiro atoms. The SMILES string of the molecule is CC(C)[C@H](NC(=O)CCCCNC(=O)CN1CCN2CCN3CCN(CC1)CC(=O)[O][Ga]([O]C(=O)C2)[O]C(=O)C3)C(=O)N[C@H](C)C(=O)N1CCC[C@H]1B(O)O. The van der Waals surface area contributed by atoms with Crippen LogP contribution in [0, 0.1) is 5.92 Å². The van der Waals surface area contributed by atoms with Crippen LogP contribution in [0.15, 0.2) is 0 Å². The molecule has 306 valence electrons. The molecule has 0 saturated carbocycles. The van der Waals surface area contributed by atoms with Crippen molar-refractivity contribution in [1.29, 1.82) is 0 Å². The molecule has 0 aromatic heterocycles. The minimum Gasteiger partial charge on any atom is -0.426 e. The van der Waals surface area contributed by atoms with Crippen molar-refractivity contribution in [3.05, 3.63) is 0 Å². The van der Waals surface area contributed by atoms with Crippen LogP contribution in [0.4, 0.5) is 0 Å². The molecule has 20 nitrogen and oxygen atoms in total. The number of fused-ring (bicyclic) bond motifs is 7. The fourth-order valence-corrected chi connectivity index (χ4v) is 9.06. The maximum Gasteiger partial charge on any atom is 0.475 e. The van der Waals surface area contributed by atoms with Crippen LogP contribution in [0.2, 0.25) is 0 Å². The van der Waals surface area contributed by atoms with E-state index >= 15 is 0 Å². The van der Waals surface area contributed by atoms with Gasteiger partial charge in [0, 0.05) is 13.0 Å². The summed E-state index contributed by atoms with van der Waals surface area (Å²) < 4.78 is 16.1. The summed E-state index contributed by atoms with van der Waals surface area (Å²) in [6, 6.07) is -1.81. The number of amides is 4. The van der Waals surface area contributed by atoms with Gasteiger partial charge in [-0.25, -0.2) is 0 Å². The first-order valence-electron chi connectivity index (χ1n) is 19.2. The van der Waals surface area contributed by atoms with Crippen molar-refractivity contribution in [2.24, 2.45) is 5.92 Å². The zero-order chi connectivity index (χ0) is 40.1. The number of unbranched alkanes of at least 4 members (excludes halogenated alkanes) is 1. The Balaban J connectivity index is 1.22. The number of likely N-dealkylation sites (tertiary alicyclic amines) is 1. The zero-order valence-corrected chi connectivity index (χ0v) is 34.5. The summed E-state index contributed by atoms with van der Waals surface area (Å²) in [5.41, 5.74) is 0. The molecule has 5 atom stereocenters. The molecule has 0 aliphatic carbocycles. The monoisotopic (exact) mass is 836 g/mol. The molecule has 0 radical (unpaired) electrons. The molecule has 0 aromatic carbocycles. The molecular weight excluding hydrogens is 781 g/mol. The summed E-state index contributed by atoms with van der Waals surface area (Å²) in [4.78, 5) is 98.9. The number of nitrogens with one attached hydrogen (secondary N) is 3. The molecule has 4 aliphatic heterocycles. The van der Waals surface area contributed by atoms with Gasteiger partial charge >= 0.3 is 194 Å². The second-order valence-electron chi connectivity index (χ2n) is 14.8. The van der Waals surface area contributed by atoms with Crippen LogP contribution < -0.4 is 16.0 Å². The van der Waals surface area contributed by atoms with Crippen LogP contribution in [0.5, 0.6) is 0 Å². The van der Waals surface area contributed by atoms with E-state index in [1.807, 2.05) is 19.6 Å². The zero-order valence-electron chi connectivity index (χ0n) is 32.1. The number of rotatable bonds is 13. The number of hydrogen-bond acceptors (Lipinski definition) is 16. The number of carbonyl (C=O) groups excluding carboxylic acids is 7. The Bertz CT molecular complexity index is 1350. The normalized spacial score (nSPS) is 25.2. The Morgan fingerprint density at radius 1 is 0.764 bits per heavy atom. The van der Waals surface area contributed by atoms with Crippen molar-refractivity contribution in [2.75, 3.05) is 91.6 Å². The van der Waals surface area contributed by atoms with Gasteiger partial charge < -0.3 is 25.6 Å². The summed E-state index contributed by atoms with van der Waals surface area (Å²) in [7, 11) is -1.67. The number of carbonyl (C=O) groups is 7.